The van der Waals surface area contributed by atoms with E-state index in [9.17, 15) is 23.5 Å². The van der Waals surface area contributed by atoms with E-state index in [2.05, 4.69) is 5.43 Å². The van der Waals surface area contributed by atoms with Crippen LogP contribution in [0, 0.1) is 5.92 Å². The topological polar surface area (TPSA) is 128 Å². The first-order chi connectivity index (χ1) is 14.1. The molecule has 1 aromatic rings. The quantitative estimate of drug-likeness (QED) is 0.351. The summed E-state index contributed by atoms with van der Waals surface area (Å²) in [5.74, 6) is -0.760. The second-order valence-electron chi connectivity index (χ2n) is 7.19. The minimum atomic E-state index is -2.29. The van der Waals surface area contributed by atoms with E-state index in [1.165, 1.54) is 14.0 Å². The molecule has 0 heterocycles. The van der Waals surface area contributed by atoms with Gasteiger partial charge in [0.05, 0.1) is 19.8 Å². The third-order valence-corrected chi connectivity index (χ3v) is 4.96. The highest BCUT2D eigenvalue weighted by molar-refractivity contribution is 7.79. The van der Waals surface area contributed by atoms with Crippen molar-refractivity contribution in [1.82, 2.24) is 10.4 Å². The first kappa shape index (κ1) is 25.9. The van der Waals surface area contributed by atoms with Crippen LogP contribution in [0.5, 0.6) is 11.5 Å². The van der Waals surface area contributed by atoms with E-state index in [4.69, 9.17) is 9.47 Å². The maximum absolute atomic E-state index is 12.3. The highest BCUT2D eigenvalue weighted by Crippen LogP contribution is 2.32. The Hall–Kier alpha value is -2.17. The zero-order valence-corrected chi connectivity index (χ0v) is 18.9. The molecule has 1 aromatic carbocycles. The molecule has 0 saturated carbocycles. The molecule has 0 radical (unpaired) electrons. The average molecular weight is 444 g/mol. The zero-order chi connectivity index (χ0) is 22.8. The molecule has 1 amide bonds. The number of carboxylic acid groups (broad SMARTS) is 1. The van der Waals surface area contributed by atoms with Gasteiger partial charge >= 0.3 is 5.97 Å². The number of aliphatic carboxylic acids is 1. The highest BCUT2D eigenvalue weighted by Gasteiger charge is 2.31. The molecule has 10 heteroatoms. The van der Waals surface area contributed by atoms with Crippen molar-refractivity contribution >= 4 is 23.0 Å². The Kier molecular flexibility index (Phi) is 10.8. The number of methoxy groups -OCH3 is 1. The van der Waals surface area contributed by atoms with Gasteiger partial charge in [0.25, 0.3) is 0 Å². The number of carbonyl (C=O) groups is 2. The molecular formula is C20H31N2O7S-. The fourth-order valence-corrected chi connectivity index (χ4v) is 3.46. The Balaban J connectivity index is 3.31. The van der Waals surface area contributed by atoms with Gasteiger partial charge in [-0.1, -0.05) is 31.0 Å². The van der Waals surface area contributed by atoms with E-state index in [1.807, 2.05) is 20.8 Å². The lowest BCUT2D eigenvalue weighted by Crippen LogP contribution is -2.53. The maximum Gasteiger partial charge on any atom is 0.328 e. The number of nitrogens with zero attached hydrogens (tertiary/aromatic N) is 1. The standard InChI is InChI=1S/C20H32N2O7S/c1-6-29-19-12-15(7-8-18(19)28-5)16(9-10-30(26)27)21-22(14(4)23)17(20(24)25)11-13(2)3/h7-8,12-13,16-17,21H,6,9-11H2,1-5H3,(H,24,25)(H,26,27)/p-1/t16?,17-/m0/s1. The van der Waals surface area contributed by atoms with Gasteiger partial charge < -0.3 is 19.1 Å². The second-order valence-corrected chi connectivity index (χ2v) is 8.21. The van der Waals surface area contributed by atoms with Gasteiger partial charge in [-0.15, -0.1) is 0 Å². The minimum absolute atomic E-state index is 0.0351. The number of amides is 1. The molecule has 2 unspecified atom stereocenters. The van der Waals surface area contributed by atoms with Crippen molar-refractivity contribution in [3.05, 3.63) is 23.8 Å². The summed E-state index contributed by atoms with van der Waals surface area (Å²) < 4.78 is 33.2. The Morgan fingerprint density at radius 3 is 2.43 bits per heavy atom. The van der Waals surface area contributed by atoms with Crippen LogP contribution in [0.25, 0.3) is 0 Å². The number of nitrogens with one attached hydrogen (secondary N) is 1. The number of hydrogen-bond acceptors (Lipinski definition) is 7. The predicted molar refractivity (Wildman–Crippen MR) is 112 cm³/mol. The number of hydrazine groups is 1. The first-order valence-electron chi connectivity index (χ1n) is 9.76. The lowest BCUT2D eigenvalue weighted by Gasteiger charge is -2.34. The Morgan fingerprint density at radius 1 is 1.30 bits per heavy atom. The molecule has 0 aliphatic rings. The summed E-state index contributed by atoms with van der Waals surface area (Å²) in [6, 6.07) is 3.38. The Bertz CT molecular complexity index is 742. The highest BCUT2D eigenvalue weighted by atomic mass is 32.2. The summed E-state index contributed by atoms with van der Waals surface area (Å²) in [6.45, 7) is 7.22. The monoisotopic (exact) mass is 443 g/mol. The molecule has 0 aliphatic heterocycles. The Morgan fingerprint density at radius 2 is 1.97 bits per heavy atom. The summed E-state index contributed by atoms with van der Waals surface area (Å²) >= 11 is -2.29. The van der Waals surface area contributed by atoms with Crippen molar-refractivity contribution in [2.24, 2.45) is 5.92 Å². The van der Waals surface area contributed by atoms with Crippen molar-refractivity contribution in [2.45, 2.75) is 52.6 Å². The smallest absolute Gasteiger partial charge is 0.328 e. The van der Waals surface area contributed by atoms with Gasteiger partial charge in [0.15, 0.2) is 11.5 Å². The number of ether oxygens (including phenoxy) is 2. The van der Waals surface area contributed by atoms with Crippen LogP contribution in [0.4, 0.5) is 0 Å². The molecule has 0 bridgehead atoms. The lowest BCUT2D eigenvalue weighted by atomic mass is 10.0. The third kappa shape index (κ3) is 7.92. The summed E-state index contributed by atoms with van der Waals surface area (Å²) in [4.78, 5) is 24.1. The van der Waals surface area contributed by atoms with Gasteiger partial charge in [0.1, 0.15) is 6.04 Å². The van der Waals surface area contributed by atoms with Gasteiger partial charge in [0.2, 0.25) is 5.91 Å². The summed E-state index contributed by atoms with van der Waals surface area (Å²) in [7, 11) is 1.51. The summed E-state index contributed by atoms with van der Waals surface area (Å²) in [5, 5.41) is 10.7. The van der Waals surface area contributed by atoms with Crippen LogP contribution in [0.2, 0.25) is 0 Å². The van der Waals surface area contributed by atoms with E-state index in [0.717, 1.165) is 5.01 Å². The Labute approximate surface area is 180 Å². The fourth-order valence-electron chi connectivity index (χ4n) is 3.03. The normalized spacial score (nSPS) is 14.1. The number of hydrogen-bond donors (Lipinski definition) is 2. The maximum atomic E-state index is 12.3. The van der Waals surface area contributed by atoms with E-state index >= 15 is 0 Å². The van der Waals surface area contributed by atoms with Gasteiger partial charge in [-0.3, -0.25) is 14.0 Å². The van der Waals surface area contributed by atoms with Gasteiger partial charge in [-0.2, -0.15) is 0 Å². The van der Waals surface area contributed by atoms with Crippen LogP contribution in [-0.2, 0) is 20.7 Å². The minimum Gasteiger partial charge on any atom is -0.772 e. The van der Waals surface area contributed by atoms with Crippen LogP contribution in [0.15, 0.2) is 18.2 Å². The average Bonchev–Trinajstić information content (AvgIpc) is 2.66. The lowest BCUT2D eigenvalue weighted by molar-refractivity contribution is -0.154. The molecule has 9 nitrogen and oxygen atoms in total. The van der Waals surface area contributed by atoms with Crippen molar-refractivity contribution in [3.63, 3.8) is 0 Å². The van der Waals surface area contributed by atoms with Crippen molar-refractivity contribution in [2.75, 3.05) is 19.5 Å². The molecule has 0 fully saturated rings. The number of rotatable bonds is 13. The van der Waals surface area contributed by atoms with E-state index in [1.54, 1.807) is 18.2 Å². The molecule has 3 atom stereocenters. The molecule has 0 aromatic heterocycles. The number of benzene rings is 1. The molecule has 1 rings (SSSR count). The zero-order valence-electron chi connectivity index (χ0n) is 18.0. The third-order valence-electron chi connectivity index (χ3n) is 4.39. The van der Waals surface area contributed by atoms with Crippen molar-refractivity contribution in [1.29, 1.82) is 0 Å². The molecule has 0 aliphatic carbocycles. The van der Waals surface area contributed by atoms with Crippen LogP contribution >= 0.6 is 0 Å². The first-order valence-corrected chi connectivity index (χ1v) is 11.0. The van der Waals surface area contributed by atoms with Crippen molar-refractivity contribution in [3.8, 4) is 11.5 Å². The van der Waals surface area contributed by atoms with Gasteiger partial charge in [-0.05, 0) is 43.4 Å². The predicted octanol–water partition coefficient (Wildman–Crippen LogP) is 2.26. The molecule has 2 N–H and O–H groups in total. The van der Waals surface area contributed by atoms with E-state index in [-0.39, 0.29) is 24.5 Å². The summed E-state index contributed by atoms with van der Waals surface area (Å²) in [5.41, 5.74) is 3.60. The largest absolute Gasteiger partial charge is 0.772 e. The SMILES string of the molecule is CCOc1cc(C(CCS(=O)[O-])NN(C(C)=O)[C@@H](CC(C)C)C(=O)O)ccc1OC. The fraction of sp³-hybridized carbons (Fsp3) is 0.600. The molecule has 0 saturated heterocycles. The number of carboxylic acids is 1. The van der Waals surface area contributed by atoms with E-state index < -0.39 is 35.0 Å². The molecule has 170 valence electrons. The van der Waals surface area contributed by atoms with Gasteiger partial charge in [0, 0.05) is 12.7 Å². The van der Waals surface area contributed by atoms with Gasteiger partial charge in [-0.25, -0.2) is 10.2 Å². The van der Waals surface area contributed by atoms with Crippen molar-refractivity contribution < 1.29 is 32.9 Å². The second kappa shape index (κ2) is 12.5. The number of carbonyl (C=O) groups excluding carboxylic acids is 1. The van der Waals surface area contributed by atoms with Crippen LogP contribution in [-0.4, -0.2) is 56.3 Å². The van der Waals surface area contributed by atoms with Crippen LogP contribution in [0.3, 0.4) is 0 Å². The van der Waals surface area contributed by atoms with Crippen LogP contribution in [0.1, 0.15) is 52.1 Å². The van der Waals surface area contributed by atoms with Crippen LogP contribution < -0.4 is 14.9 Å². The molecular weight excluding hydrogens is 412 g/mol. The molecule has 0 spiro atoms. The summed E-state index contributed by atoms with van der Waals surface area (Å²) in [6.07, 6.45) is 0.376. The molecule has 30 heavy (non-hydrogen) atoms. The van der Waals surface area contributed by atoms with E-state index in [0.29, 0.717) is 23.7 Å².